The van der Waals surface area contributed by atoms with Crippen LogP contribution in [0.4, 0.5) is 4.39 Å². The molecule has 3 rings (SSSR count). The van der Waals surface area contributed by atoms with Crippen LogP contribution in [-0.4, -0.2) is 40.4 Å². The van der Waals surface area contributed by atoms with Crippen molar-refractivity contribution >= 4 is 17.7 Å². The molecule has 1 aromatic carbocycles. The Balaban J connectivity index is 1.79. The molecule has 1 fully saturated rings. The molecule has 1 atom stereocenters. The number of amides is 3. The molecule has 0 radical (unpaired) electrons. The molecule has 1 unspecified atom stereocenters. The molecule has 3 amide bonds. The summed E-state index contributed by atoms with van der Waals surface area (Å²) in [7, 11) is 0. The fourth-order valence-electron chi connectivity index (χ4n) is 3.40. The Kier molecular flexibility index (Phi) is 5.87. The number of unbranched alkanes of at least 4 members (excludes halogenated alkanes) is 3. The maximum atomic E-state index is 14.3. The highest BCUT2D eigenvalue weighted by atomic mass is 19.1. The quantitative estimate of drug-likeness (QED) is 0.466. The van der Waals surface area contributed by atoms with Gasteiger partial charge in [-0.05, 0) is 31.4 Å². The Morgan fingerprint density at radius 2 is 2.04 bits per heavy atom. The van der Waals surface area contributed by atoms with Crippen LogP contribution in [-0.2, 0) is 16.1 Å². The lowest BCUT2D eigenvalue weighted by molar-refractivity contribution is -0.136. The van der Waals surface area contributed by atoms with Crippen molar-refractivity contribution in [3.05, 3.63) is 34.6 Å². The lowest BCUT2D eigenvalue weighted by Crippen LogP contribution is -2.52. The smallest absolute Gasteiger partial charge is 0.255 e. The molecule has 1 aromatic rings. The maximum absolute atomic E-state index is 14.3. The van der Waals surface area contributed by atoms with Gasteiger partial charge in [0.15, 0.2) is 0 Å². The van der Waals surface area contributed by atoms with E-state index in [4.69, 9.17) is 5.11 Å². The summed E-state index contributed by atoms with van der Waals surface area (Å²) in [5, 5.41) is 11.0. The molecule has 2 aliphatic rings. The van der Waals surface area contributed by atoms with E-state index in [1.54, 1.807) is 0 Å². The van der Waals surface area contributed by atoms with Gasteiger partial charge in [-0.15, -0.1) is 0 Å². The number of hydrogen-bond acceptors (Lipinski definition) is 4. The Bertz CT molecular complexity index is 840. The largest absolute Gasteiger partial charge is 0.396 e. The number of nitrogens with zero attached hydrogens (tertiary/aromatic N) is 1. The number of halogens is 1. The van der Waals surface area contributed by atoms with E-state index in [2.05, 4.69) is 17.2 Å². The van der Waals surface area contributed by atoms with Gasteiger partial charge < -0.3 is 10.0 Å². The second-order valence-electron chi connectivity index (χ2n) is 6.68. The zero-order valence-corrected chi connectivity index (χ0v) is 14.9. The first-order chi connectivity index (χ1) is 13.0. The molecule has 2 N–H and O–H groups in total. The van der Waals surface area contributed by atoms with Crippen LogP contribution in [0.2, 0.25) is 0 Å². The Morgan fingerprint density at radius 1 is 1.22 bits per heavy atom. The lowest BCUT2D eigenvalue weighted by Gasteiger charge is -2.29. The summed E-state index contributed by atoms with van der Waals surface area (Å²) in [6.45, 7) is 0.249. The number of piperidine rings is 1. The number of aliphatic hydroxyl groups is 1. The van der Waals surface area contributed by atoms with Gasteiger partial charge in [-0.2, -0.15) is 0 Å². The lowest BCUT2D eigenvalue weighted by atomic mass is 10.0. The van der Waals surface area contributed by atoms with Crippen molar-refractivity contribution in [2.24, 2.45) is 0 Å². The second-order valence-corrected chi connectivity index (χ2v) is 6.68. The van der Waals surface area contributed by atoms with E-state index >= 15 is 0 Å². The summed E-state index contributed by atoms with van der Waals surface area (Å²) in [6.07, 6.45) is 3.39. The van der Waals surface area contributed by atoms with Crippen molar-refractivity contribution in [2.45, 2.75) is 51.1 Å². The molecular weight excluding hydrogens is 351 g/mol. The van der Waals surface area contributed by atoms with Crippen LogP contribution in [0.1, 0.15) is 60.0 Å². The van der Waals surface area contributed by atoms with Gasteiger partial charge in [0.25, 0.3) is 5.91 Å². The van der Waals surface area contributed by atoms with Crippen LogP contribution in [0, 0.1) is 17.7 Å². The first-order valence-electron chi connectivity index (χ1n) is 9.08. The Hall–Kier alpha value is -2.72. The number of fused-ring (bicyclic) bond motifs is 1. The number of nitrogens with one attached hydrogen (secondary N) is 1. The van der Waals surface area contributed by atoms with E-state index in [9.17, 15) is 18.8 Å². The highest BCUT2D eigenvalue weighted by molar-refractivity contribution is 6.05. The summed E-state index contributed by atoms with van der Waals surface area (Å²) in [5.41, 5.74) is 1.04. The summed E-state index contributed by atoms with van der Waals surface area (Å²) in [5.74, 6) is 4.08. The van der Waals surface area contributed by atoms with E-state index in [0.717, 1.165) is 12.8 Å². The minimum atomic E-state index is -0.732. The standard InChI is InChI=1S/C20H21FN2O4/c21-16-8-7-14-15(13(16)6-4-2-1-3-5-11-24)12-23(20(14)27)17-9-10-18(25)22-19(17)26/h7-8,17,24H,1-3,5,9-12H2,(H,22,25,26). The fraction of sp³-hybridized carbons (Fsp3) is 0.450. The molecule has 7 heteroatoms. The van der Waals surface area contributed by atoms with E-state index < -0.39 is 17.8 Å². The second kappa shape index (κ2) is 8.31. The number of carbonyl (C=O) groups is 3. The molecule has 0 saturated carbocycles. The van der Waals surface area contributed by atoms with Crippen LogP contribution in [0.15, 0.2) is 12.1 Å². The Morgan fingerprint density at radius 3 is 2.78 bits per heavy atom. The summed E-state index contributed by atoms with van der Waals surface area (Å²) >= 11 is 0. The summed E-state index contributed by atoms with van der Waals surface area (Å²) in [4.78, 5) is 37.5. The third-order valence-corrected chi connectivity index (χ3v) is 4.84. The fourth-order valence-corrected chi connectivity index (χ4v) is 3.40. The molecule has 2 aliphatic heterocycles. The molecule has 6 nitrogen and oxygen atoms in total. The van der Waals surface area contributed by atoms with E-state index in [1.807, 2.05) is 0 Å². The number of rotatable bonds is 5. The zero-order chi connectivity index (χ0) is 19.4. The number of imide groups is 1. The van der Waals surface area contributed by atoms with Crippen molar-refractivity contribution in [2.75, 3.05) is 6.61 Å². The van der Waals surface area contributed by atoms with Gasteiger partial charge in [0.05, 0.1) is 5.56 Å². The van der Waals surface area contributed by atoms with Gasteiger partial charge in [0, 0.05) is 37.1 Å². The zero-order valence-electron chi connectivity index (χ0n) is 14.9. The molecule has 2 heterocycles. The van der Waals surface area contributed by atoms with Crippen LogP contribution in [0.5, 0.6) is 0 Å². The highest BCUT2D eigenvalue weighted by Gasteiger charge is 2.40. The molecule has 1 saturated heterocycles. The minimum Gasteiger partial charge on any atom is -0.396 e. The molecular formula is C20H21FN2O4. The molecule has 27 heavy (non-hydrogen) atoms. The van der Waals surface area contributed by atoms with Gasteiger partial charge in [0.2, 0.25) is 11.8 Å². The predicted molar refractivity (Wildman–Crippen MR) is 94.9 cm³/mol. The minimum absolute atomic E-state index is 0.104. The third-order valence-electron chi connectivity index (χ3n) is 4.84. The highest BCUT2D eigenvalue weighted by Crippen LogP contribution is 2.30. The SMILES string of the molecule is O=C1CCC(N2Cc3c(ccc(F)c3C#CCCCCCO)C2=O)C(=O)N1. The maximum Gasteiger partial charge on any atom is 0.255 e. The van der Waals surface area contributed by atoms with Gasteiger partial charge in [-0.25, -0.2) is 4.39 Å². The molecule has 0 aliphatic carbocycles. The number of hydrogen-bond donors (Lipinski definition) is 2. The number of benzene rings is 1. The van der Waals surface area contributed by atoms with Crippen LogP contribution < -0.4 is 5.32 Å². The van der Waals surface area contributed by atoms with Crippen LogP contribution >= 0.6 is 0 Å². The summed E-state index contributed by atoms with van der Waals surface area (Å²) in [6, 6.07) is 1.91. The monoisotopic (exact) mass is 372 g/mol. The van der Waals surface area contributed by atoms with Crippen molar-refractivity contribution in [1.29, 1.82) is 0 Å². The van der Waals surface area contributed by atoms with Gasteiger partial charge >= 0.3 is 0 Å². The summed E-state index contributed by atoms with van der Waals surface area (Å²) < 4.78 is 14.3. The van der Waals surface area contributed by atoms with Crippen LogP contribution in [0.3, 0.4) is 0 Å². The van der Waals surface area contributed by atoms with Crippen molar-refractivity contribution in [3.63, 3.8) is 0 Å². The molecule has 0 aromatic heterocycles. The average molecular weight is 372 g/mol. The molecule has 142 valence electrons. The number of aliphatic hydroxyl groups excluding tert-OH is 1. The van der Waals surface area contributed by atoms with Gasteiger partial charge in [0.1, 0.15) is 11.9 Å². The Labute approximate surface area is 156 Å². The number of carbonyl (C=O) groups excluding carboxylic acids is 3. The van der Waals surface area contributed by atoms with E-state index in [-0.39, 0.29) is 43.4 Å². The van der Waals surface area contributed by atoms with Crippen molar-refractivity contribution < 1.29 is 23.9 Å². The van der Waals surface area contributed by atoms with Crippen molar-refractivity contribution in [3.8, 4) is 11.8 Å². The topological polar surface area (TPSA) is 86.7 Å². The first-order valence-corrected chi connectivity index (χ1v) is 9.08. The third kappa shape index (κ3) is 4.01. The average Bonchev–Trinajstić information content (AvgIpc) is 2.96. The van der Waals surface area contributed by atoms with Crippen molar-refractivity contribution in [1.82, 2.24) is 10.2 Å². The first kappa shape index (κ1) is 19.1. The van der Waals surface area contributed by atoms with Gasteiger partial charge in [-0.3, -0.25) is 19.7 Å². The normalized spacial score (nSPS) is 18.8. The molecule has 0 bridgehead atoms. The van der Waals surface area contributed by atoms with Gasteiger partial charge in [-0.1, -0.05) is 18.3 Å². The van der Waals surface area contributed by atoms with Crippen LogP contribution in [0.25, 0.3) is 0 Å². The van der Waals surface area contributed by atoms with E-state index in [1.165, 1.54) is 17.0 Å². The van der Waals surface area contributed by atoms with E-state index in [0.29, 0.717) is 24.0 Å². The predicted octanol–water partition coefficient (Wildman–Crippen LogP) is 1.49. The molecule has 0 spiro atoms.